The van der Waals surface area contributed by atoms with Gasteiger partial charge in [0.25, 0.3) is 0 Å². The summed E-state index contributed by atoms with van der Waals surface area (Å²) in [5.74, 6) is -2.02. The van der Waals surface area contributed by atoms with Crippen LogP contribution in [0.1, 0.15) is 50.6 Å². The van der Waals surface area contributed by atoms with Crippen LogP contribution in [0, 0.1) is 0 Å². The third kappa shape index (κ3) is 4.30. The lowest BCUT2D eigenvalue weighted by Gasteiger charge is -2.07. The molecule has 0 saturated heterocycles. The number of carbonyl (C=O) groups excluding carboxylic acids is 3. The standard InChI is InChI=1S/C26H21ClN2O5/c1-3-33-25(31)21-20-14-19(16-8-6-5-7-9-16)28-15-29(20)23(22(21)26(32)34-4-2)24(30)17-10-12-18(27)13-11-17/h5-15H,3-4H2,1-2H3. The third-order valence-corrected chi connectivity index (χ3v) is 5.43. The van der Waals surface area contributed by atoms with Gasteiger partial charge in [0.05, 0.1) is 24.4 Å². The topological polar surface area (TPSA) is 87.0 Å². The Hall–Kier alpha value is -3.97. The molecule has 2 aromatic carbocycles. The van der Waals surface area contributed by atoms with Gasteiger partial charge in [-0.15, -0.1) is 0 Å². The second-order valence-corrected chi connectivity index (χ2v) is 7.71. The smallest absolute Gasteiger partial charge is 0.341 e. The van der Waals surface area contributed by atoms with Crippen molar-refractivity contribution in [2.75, 3.05) is 13.2 Å². The molecule has 8 heteroatoms. The van der Waals surface area contributed by atoms with Crippen molar-refractivity contribution < 1.29 is 23.9 Å². The quantitative estimate of drug-likeness (QED) is 0.268. The molecule has 2 aromatic heterocycles. The molecule has 34 heavy (non-hydrogen) atoms. The molecule has 0 aliphatic heterocycles. The Kier molecular flexibility index (Phi) is 6.75. The van der Waals surface area contributed by atoms with Crippen LogP contribution in [0.2, 0.25) is 5.02 Å². The number of esters is 2. The number of halogens is 1. The Morgan fingerprint density at radius 3 is 2.12 bits per heavy atom. The van der Waals surface area contributed by atoms with Gasteiger partial charge in [0, 0.05) is 16.1 Å². The predicted octanol–water partition coefficient (Wildman–Crippen LogP) is 5.24. The molecule has 0 saturated carbocycles. The van der Waals surface area contributed by atoms with Gasteiger partial charge in [-0.3, -0.25) is 9.20 Å². The lowest BCUT2D eigenvalue weighted by atomic mass is 10.0. The molecule has 0 amide bonds. The van der Waals surface area contributed by atoms with Crippen LogP contribution >= 0.6 is 11.6 Å². The number of carbonyl (C=O) groups is 3. The number of hydrogen-bond acceptors (Lipinski definition) is 6. The fourth-order valence-corrected chi connectivity index (χ4v) is 3.82. The molecule has 2 heterocycles. The summed E-state index contributed by atoms with van der Waals surface area (Å²) in [5.41, 5.74) is 1.74. The van der Waals surface area contributed by atoms with E-state index >= 15 is 0 Å². The number of ketones is 1. The monoisotopic (exact) mass is 476 g/mol. The van der Waals surface area contributed by atoms with E-state index in [1.807, 2.05) is 30.3 Å². The Labute approximate surface area is 200 Å². The summed E-state index contributed by atoms with van der Waals surface area (Å²) in [6.07, 6.45) is 1.42. The van der Waals surface area contributed by atoms with E-state index in [2.05, 4.69) is 4.98 Å². The number of ether oxygens (including phenoxy) is 2. The lowest BCUT2D eigenvalue weighted by Crippen LogP contribution is -2.16. The molecule has 0 spiro atoms. The van der Waals surface area contributed by atoms with E-state index in [-0.39, 0.29) is 35.6 Å². The molecule has 0 aliphatic carbocycles. The maximum atomic E-state index is 13.6. The van der Waals surface area contributed by atoms with Gasteiger partial charge in [0.15, 0.2) is 0 Å². The number of nitrogens with zero attached hydrogens (tertiary/aromatic N) is 2. The zero-order valence-corrected chi connectivity index (χ0v) is 19.3. The van der Waals surface area contributed by atoms with E-state index in [9.17, 15) is 14.4 Å². The van der Waals surface area contributed by atoms with Crippen molar-refractivity contribution in [1.29, 1.82) is 0 Å². The normalized spacial score (nSPS) is 10.8. The first-order valence-corrected chi connectivity index (χ1v) is 11.1. The first kappa shape index (κ1) is 23.2. The predicted molar refractivity (Wildman–Crippen MR) is 127 cm³/mol. The number of hydrogen-bond donors (Lipinski definition) is 0. The highest BCUT2D eigenvalue weighted by Gasteiger charge is 2.33. The zero-order valence-electron chi connectivity index (χ0n) is 18.6. The largest absolute Gasteiger partial charge is 0.462 e. The fraction of sp³-hybridized carbons (Fsp3) is 0.154. The molecule has 4 aromatic rings. The maximum absolute atomic E-state index is 13.6. The third-order valence-electron chi connectivity index (χ3n) is 5.18. The molecular formula is C26H21ClN2O5. The van der Waals surface area contributed by atoms with E-state index in [1.165, 1.54) is 10.7 Å². The van der Waals surface area contributed by atoms with Gasteiger partial charge in [-0.25, -0.2) is 14.6 Å². The average Bonchev–Trinajstić information content (AvgIpc) is 3.19. The highest BCUT2D eigenvalue weighted by atomic mass is 35.5. The summed E-state index contributed by atoms with van der Waals surface area (Å²) in [4.78, 5) is 44.2. The molecule has 0 aliphatic rings. The van der Waals surface area contributed by atoms with Gasteiger partial charge in [0.2, 0.25) is 5.78 Å². The molecule has 0 bridgehead atoms. The van der Waals surface area contributed by atoms with Crippen LogP contribution in [0.4, 0.5) is 0 Å². The molecule has 7 nitrogen and oxygen atoms in total. The van der Waals surface area contributed by atoms with Gasteiger partial charge in [-0.2, -0.15) is 0 Å². The van der Waals surface area contributed by atoms with Crippen LogP contribution in [-0.4, -0.2) is 40.3 Å². The van der Waals surface area contributed by atoms with Crippen molar-refractivity contribution in [3.8, 4) is 11.3 Å². The Morgan fingerprint density at radius 1 is 0.882 bits per heavy atom. The Balaban J connectivity index is 2.04. The van der Waals surface area contributed by atoms with Gasteiger partial charge in [-0.05, 0) is 44.2 Å². The van der Waals surface area contributed by atoms with Gasteiger partial charge < -0.3 is 9.47 Å². The SMILES string of the molecule is CCOC(=O)c1c(C(=O)OCC)c2cc(-c3ccccc3)ncn2c1C(=O)c1ccc(Cl)cc1. The van der Waals surface area contributed by atoms with Crippen molar-refractivity contribution in [2.24, 2.45) is 0 Å². The zero-order chi connectivity index (χ0) is 24.2. The van der Waals surface area contributed by atoms with Crippen LogP contribution in [0.25, 0.3) is 16.8 Å². The highest BCUT2D eigenvalue weighted by molar-refractivity contribution is 6.30. The number of fused-ring (bicyclic) bond motifs is 1. The van der Waals surface area contributed by atoms with Crippen molar-refractivity contribution in [2.45, 2.75) is 13.8 Å². The van der Waals surface area contributed by atoms with Crippen LogP contribution in [0.3, 0.4) is 0 Å². The maximum Gasteiger partial charge on any atom is 0.341 e. The highest BCUT2D eigenvalue weighted by Crippen LogP contribution is 2.30. The van der Waals surface area contributed by atoms with Crippen LogP contribution in [0.15, 0.2) is 67.0 Å². The van der Waals surface area contributed by atoms with Crippen LogP contribution in [-0.2, 0) is 9.47 Å². The minimum Gasteiger partial charge on any atom is -0.462 e. The van der Waals surface area contributed by atoms with Gasteiger partial charge in [-0.1, -0.05) is 41.9 Å². The van der Waals surface area contributed by atoms with Gasteiger partial charge >= 0.3 is 11.9 Å². The number of aromatic nitrogens is 2. The first-order valence-electron chi connectivity index (χ1n) is 10.7. The Bertz CT molecular complexity index is 1380. The molecule has 172 valence electrons. The number of rotatable bonds is 7. The van der Waals surface area contributed by atoms with E-state index in [1.54, 1.807) is 44.2 Å². The van der Waals surface area contributed by atoms with Gasteiger partial charge in [0.1, 0.15) is 23.1 Å². The average molecular weight is 477 g/mol. The van der Waals surface area contributed by atoms with Crippen LogP contribution in [0.5, 0.6) is 0 Å². The second kappa shape index (κ2) is 9.89. The van der Waals surface area contributed by atoms with E-state index in [0.717, 1.165) is 5.56 Å². The van der Waals surface area contributed by atoms with Crippen molar-refractivity contribution in [3.63, 3.8) is 0 Å². The molecule has 0 N–H and O–H groups in total. The molecule has 0 atom stereocenters. The molecule has 4 rings (SSSR count). The molecule has 0 fully saturated rings. The summed E-state index contributed by atoms with van der Waals surface area (Å²) in [6.45, 7) is 3.47. The Morgan fingerprint density at radius 2 is 1.50 bits per heavy atom. The minimum atomic E-state index is -0.798. The van der Waals surface area contributed by atoms with Crippen molar-refractivity contribution in [3.05, 3.63) is 94.4 Å². The van der Waals surface area contributed by atoms with E-state index in [0.29, 0.717) is 16.2 Å². The summed E-state index contributed by atoms with van der Waals surface area (Å²) >= 11 is 5.97. The first-order chi connectivity index (χ1) is 16.5. The molecular weight excluding hydrogens is 456 g/mol. The number of benzene rings is 2. The minimum absolute atomic E-state index is 0.0362. The van der Waals surface area contributed by atoms with Crippen molar-refractivity contribution >= 4 is 34.8 Å². The second-order valence-electron chi connectivity index (χ2n) is 7.27. The summed E-state index contributed by atoms with van der Waals surface area (Å²) in [7, 11) is 0. The summed E-state index contributed by atoms with van der Waals surface area (Å²) in [6, 6.07) is 17.3. The fourth-order valence-electron chi connectivity index (χ4n) is 3.70. The molecule has 0 radical (unpaired) electrons. The summed E-state index contributed by atoms with van der Waals surface area (Å²) < 4.78 is 11.9. The summed E-state index contributed by atoms with van der Waals surface area (Å²) in [5, 5.41) is 0.462. The van der Waals surface area contributed by atoms with Crippen LogP contribution < -0.4 is 0 Å². The van der Waals surface area contributed by atoms with E-state index in [4.69, 9.17) is 21.1 Å². The lowest BCUT2D eigenvalue weighted by molar-refractivity contribution is 0.0480. The van der Waals surface area contributed by atoms with Crippen molar-refractivity contribution in [1.82, 2.24) is 9.38 Å². The van der Waals surface area contributed by atoms with E-state index < -0.39 is 17.7 Å². The molecule has 0 unspecified atom stereocenters.